The molecule has 1 N–H and O–H groups in total. The molecule has 0 fully saturated rings. The van der Waals surface area contributed by atoms with E-state index >= 15 is 0 Å². The first-order chi connectivity index (χ1) is 9.97. The van der Waals surface area contributed by atoms with Crippen LogP contribution in [0, 0.1) is 12.8 Å². The van der Waals surface area contributed by atoms with Gasteiger partial charge in [-0.2, -0.15) is 0 Å². The van der Waals surface area contributed by atoms with Gasteiger partial charge in [0, 0.05) is 24.5 Å². The van der Waals surface area contributed by atoms with Gasteiger partial charge in [0.25, 0.3) is 0 Å². The quantitative estimate of drug-likeness (QED) is 0.885. The molecule has 0 saturated carbocycles. The third kappa shape index (κ3) is 4.08. The maximum atomic E-state index is 4.65. The van der Waals surface area contributed by atoms with E-state index in [4.69, 9.17) is 0 Å². The third-order valence-electron chi connectivity index (χ3n) is 3.54. The summed E-state index contributed by atoms with van der Waals surface area (Å²) in [7, 11) is 4.21. The minimum absolute atomic E-state index is 0.365. The van der Waals surface area contributed by atoms with E-state index in [2.05, 4.69) is 66.0 Å². The molecule has 4 heteroatoms. The molecule has 114 valence electrons. The standard InChI is InChI=1S/C17H26N4/c1-13(2)16(12-20(4)5)19-17-18-14(3)11-21(17)15-9-7-6-8-10-15/h6-11,13,16H,12H2,1-5H3,(H,18,19). The van der Waals surface area contributed by atoms with Crippen LogP contribution in [0.2, 0.25) is 0 Å². The summed E-state index contributed by atoms with van der Waals surface area (Å²) >= 11 is 0. The van der Waals surface area contributed by atoms with Gasteiger partial charge in [-0.3, -0.25) is 4.57 Å². The lowest BCUT2D eigenvalue weighted by molar-refractivity contribution is 0.343. The lowest BCUT2D eigenvalue weighted by Gasteiger charge is -2.26. The van der Waals surface area contributed by atoms with Crippen molar-refractivity contribution in [3.63, 3.8) is 0 Å². The van der Waals surface area contributed by atoms with Crippen LogP contribution < -0.4 is 5.32 Å². The number of rotatable bonds is 6. The monoisotopic (exact) mass is 286 g/mol. The van der Waals surface area contributed by atoms with Crippen molar-refractivity contribution in [1.82, 2.24) is 14.5 Å². The number of nitrogens with zero attached hydrogens (tertiary/aromatic N) is 3. The fourth-order valence-electron chi connectivity index (χ4n) is 2.37. The minimum Gasteiger partial charge on any atom is -0.351 e. The molecule has 21 heavy (non-hydrogen) atoms. The van der Waals surface area contributed by atoms with Crippen LogP contribution in [0.1, 0.15) is 19.5 Å². The second-order valence-electron chi connectivity index (χ2n) is 6.17. The number of aryl methyl sites for hydroxylation is 1. The molecule has 0 spiro atoms. The van der Waals surface area contributed by atoms with Crippen LogP contribution in [0.4, 0.5) is 5.95 Å². The molecule has 0 radical (unpaired) electrons. The fraction of sp³-hybridized carbons (Fsp3) is 0.471. The first-order valence-electron chi connectivity index (χ1n) is 7.50. The highest BCUT2D eigenvalue weighted by atomic mass is 15.2. The van der Waals surface area contributed by atoms with Gasteiger partial charge in [0.2, 0.25) is 5.95 Å². The second kappa shape index (κ2) is 6.76. The van der Waals surface area contributed by atoms with Gasteiger partial charge in [-0.1, -0.05) is 32.0 Å². The maximum Gasteiger partial charge on any atom is 0.208 e. The average molecular weight is 286 g/mol. The number of para-hydroxylation sites is 1. The molecule has 2 rings (SSSR count). The summed E-state index contributed by atoms with van der Waals surface area (Å²) in [5.74, 6) is 1.45. The fourth-order valence-corrected chi connectivity index (χ4v) is 2.37. The molecular formula is C17H26N4. The highest BCUT2D eigenvalue weighted by molar-refractivity contribution is 5.43. The number of anilines is 1. The molecule has 4 nitrogen and oxygen atoms in total. The van der Waals surface area contributed by atoms with Gasteiger partial charge < -0.3 is 10.2 Å². The molecule has 0 saturated heterocycles. The molecule has 1 unspecified atom stereocenters. The summed E-state index contributed by atoms with van der Waals surface area (Å²) in [6.07, 6.45) is 2.07. The number of nitrogens with one attached hydrogen (secondary N) is 1. The highest BCUT2D eigenvalue weighted by Gasteiger charge is 2.17. The Kier molecular flexibility index (Phi) is 5.02. The molecule has 0 amide bonds. The Labute approximate surface area is 127 Å². The van der Waals surface area contributed by atoms with E-state index in [0.29, 0.717) is 12.0 Å². The van der Waals surface area contributed by atoms with E-state index in [1.54, 1.807) is 0 Å². The van der Waals surface area contributed by atoms with Gasteiger partial charge in [0.15, 0.2) is 0 Å². The summed E-state index contributed by atoms with van der Waals surface area (Å²) in [4.78, 5) is 6.86. The van der Waals surface area contributed by atoms with Gasteiger partial charge in [-0.25, -0.2) is 4.98 Å². The number of aromatic nitrogens is 2. The molecule has 1 aromatic heterocycles. The summed E-state index contributed by atoms with van der Waals surface area (Å²) in [6, 6.07) is 10.7. The molecule has 1 aromatic carbocycles. The van der Waals surface area contributed by atoms with Gasteiger partial charge in [-0.05, 0) is 39.1 Å². The lowest BCUT2D eigenvalue weighted by Crippen LogP contribution is -2.37. The Balaban J connectivity index is 2.27. The van der Waals surface area contributed by atoms with Gasteiger partial charge in [-0.15, -0.1) is 0 Å². The van der Waals surface area contributed by atoms with Gasteiger partial charge in [0.05, 0.1) is 5.69 Å². The van der Waals surface area contributed by atoms with Crippen molar-refractivity contribution < 1.29 is 0 Å². The van der Waals surface area contributed by atoms with E-state index in [1.807, 2.05) is 25.1 Å². The molecule has 0 aliphatic heterocycles. The summed E-state index contributed by atoms with van der Waals surface area (Å²) < 4.78 is 2.13. The minimum atomic E-state index is 0.365. The third-order valence-corrected chi connectivity index (χ3v) is 3.54. The van der Waals surface area contributed by atoms with Crippen LogP contribution in [-0.2, 0) is 0 Å². The predicted octanol–water partition coefficient (Wildman–Crippen LogP) is 3.18. The van der Waals surface area contributed by atoms with Crippen molar-refractivity contribution in [3.8, 4) is 5.69 Å². The largest absolute Gasteiger partial charge is 0.351 e. The Morgan fingerprint density at radius 3 is 2.43 bits per heavy atom. The van der Waals surface area contributed by atoms with E-state index in [0.717, 1.165) is 23.9 Å². The van der Waals surface area contributed by atoms with Crippen LogP contribution in [0.15, 0.2) is 36.5 Å². The molecule has 1 heterocycles. The van der Waals surface area contributed by atoms with Crippen molar-refractivity contribution in [3.05, 3.63) is 42.2 Å². The number of benzene rings is 1. The van der Waals surface area contributed by atoms with Crippen molar-refractivity contribution in [2.24, 2.45) is 5.92 Å². The molecule has 0 bridgehead atoms. The SMILES string of the molecule is Cc1cn(-c2ccccc2)c(NC(CN(C)C)C(C)C)n1. The summed E-state index contributed by atoms with van der Waals surface area (Å²) in [5.41, 5.74) is 2.15. The number of imidazole rings is 1. The average Bonchev–Trinajstić information content (AvgIpc) is 2.79. The van der Waals surface area contributed by atoms with Crippen LogP contribution in [0.3, 0.4) is 0 Å². The summed E-state index contributed by atoms with van der Waals surface area (Å²) in [5, 5.41) is 3.61. The normalized spacial score (nSPS) is 12.9. The molecule has 0 aliphatic rings. The first-order valence-corrected chi connectivity index (χ1v) is 7.50. The van der Waals surface area contributed by atoms with Crippen LogP contribution in [0.5, 0.6) is 0 Å². The number of hydrogen-bond acceptors (Lipinski definition) is 3. The van der Waals surface area contributed by atoms with E-state index in [1.165, 1.54) is 0 Å². The first kappa shape index (κ1) is 15.6. The Morgan fingerprint density at radius 1 is 1.19 bits per heavy atom. The van der Waals surface area contributed by atoms with E-state index < -0.39 is 0 Å². The smallest absolute Gasteiger partial charge is 0.208 e. The zero-order chi connectivity index (χ0) is 15.4. The Bertz CT molecular complexity index is 557. The zero-order valence-corrected chi connectivity index (χ0v) is 13.7. The Hall–Kier alpha value is -1.81. The second-order valence-corrected chi connectivity index (χ2v) is 6.17. The number of hydrogen-bond donors (Lipinski definition) is 1. The van der Waals surface area contributed by atoms with Crippen LogP contribution in [-0.4, -0.2) is 41.1 Å². The number of likely N-dealkylation sites (N-methyl/N-ethyl adjacent to an activating group) is 1. The van der Waals surface area contributed by atoms with Crippen molar-refractivity contribution in [2.75, 3.05) is 26.0 Å². The van der Waals surface area contributed by atoms with Crippen molar-refractivity contribution in [2.45, 2.75) is 26.8 Å². The van der Waals surface area contributed by atoms with Gasteiger partial charge >= 0.3 is 0 Å². The molecule has 2 aromatic rings. The Morgan fingerprint density at radius 2 is 1.86 bits per heavy atom. The molecule has 0 aliphatic carbocycles. The topological polar surface area (TPSA) is 33.1 Å². The maximum absolute atomic E-state index is 4.65. The van der Waals surface area contributed by atoms with E-state index in [9.17, 15) is 0 Å². The van der Waals surface area contributed by atoms with Crippen molar-refractivity contribution in [1.29, 1.82) is 0 Å². The van der Waals surface area contributed by atoms with Crippen LogP contribution >= 0.6 is 0 Å². The van der Waals surface area contributed by atoms with Gasteiger partial charge in [0.1, 0.15) is 0 Å². The summed E-state index contributed by atoms with van der Waals surface area (Å²) in [6.45, 7) is 7.49. The molecule has 1 atom stereocenters. The molecular weight excluding hydrogens is 260 g/mol. The van der Waals surface area contributed by atoms with Crippen LogP contribution in [0.25, 0.3) is 5.69 Å². The lowest BCUT2D eigenvalue weighted by atomic mass is 10.0. The van der Waals surface area contributed by atoms with E-state index in [-0.39, 0.29) is 0 Å². The van der Waals surface area contributed by atoms with Crippen molar-refractivity contribution >= 4 is 5.95 Å². The zero-order valence-electron chi connectivity index (χ0n) is 13.7. The predicted molar refractivity (Wildman–Crippen MR) is 89.1 cm³/mol. The highest BCUT2D eigenvalue weighted by Crippen LogP contribution is 2.19.